The van der Waals surface area contributed by atoms with Gasteiger partial charge in [-0.15, -0.1) is 0 Å². The first kappa shape index (κ1) is 26.7. The van der Waals surface area contributed by atoms with Crippen molar-refractivity contribution in [2.24, 2.45) is 9.98 Å². The zero-order valence-electron chi connectivity index (χ0n) is 25.7. The summed E-state index contributed by atoms with van der Waals surface area (Å²) >= 11 is 0. The van der Waals surface area contributed by atoms with E-state index in [2.05, 4.69) is 108 Å². The Bertz CT molecular complexity index is 2760. The molecule has 0 fully saturated rings. The van der Waals surface area contributed by atoms with E-state index in [1.54, 1.807) is 0 Å². The van der Waals surface area contributed by atoms with Crippen molar-refractivity contribution >= 4 is 66.3 Å². The molecule has 48 heavy (non-hydrogen) atoms. The highest BCUT2D eigenvalue weighted by molar-refractivity contribution is 6.22. The highest BCUT2D eigenvalue weighted by Gasteiger charge is 2.24. The maximum Gasteiger partial charge on any atom is 0.159 e. The molecule has 2 aromatic heterocycles. The van der Waals surface area contributed by atoms with Crippen molar-refractivity contribution in [1.29, 1.82) is 0 Å². The van der Waals surface area contributed by atoms with Crippen molar-refractivity contribution < 1.29 is 8.83 Å². The van der Waals surface area contributed by atoms with Crippen LogP contribution in [0.4, 0.5) is 0 Å². The molecule has 5 heteroatoms. The normalized spacial score (nSPS) is 14.9. The van der Waals surface area contributed by atoms with Crippen LogP contribution in [0.1, 0.15) is 22.9 Å². The average Bonchev–Trinajstić information content (AvgIpc) is 3.72. The van der Waals surface area contributed by atoms with E-state index in [0.717, 1.165) is 77.5 Å². The SMILES string of the molecule is c1ccc(C2=NC(c3ccccc3)NC(c3cccc4oc5ccc(-c6cccc7c6oc6cc8ccccc8cc67)cc5c34)=N2)cc1. The van der Waals surface area contributed by atoms with Crippen molar-refractivity contribution in [2.75, 3.05) is 0 Å². The third-order valence-corrected chi connectivity index (χ3v) is 9.32. The fourth-order valence-corrected chi connectivity index (χ4v) is 7.01. The molecule has 1 aliphatic heterocycles. The van der Waals surface area contributed by atoms with Crippen LogP contribution in [0, 0.1) is 0 Å². The van der Waals surface area contributed by atoms with Gasteiger partial charge in [-0.25, -0.2) is 9.98 Å². The molecule has 7 aromatic carbocycles. The van der Waals surface area contributed by atoms with E-state index >= 15 is 0 Å². The molecule has 1 N–H and O–H groups in total. The topological polar surface area (TPSA) is 63.0 Å². The van der Waals surface area contributed by atoms with Gasteiger partial charge in [0.25, 0.3) is 0 Å². The van der Waals surface area contributed by atoms with Gasteiger partial charge >= 0.3 is 0 Å². The molecule has 0 bridgehead atoms. The molecule has 5 nitrogen and oxygen atoms in total. The number of nitrogens with zero attached hydrogens (tertiary/aromatic N) is 2. The lowest BCUT2D eigenvalue weighted by Gasteiger charge is -2.24. The van der Waals surface area contributed by atoms with E-state index in [0.29, 0.717) is 5.84 Å². The molecular formula is C43H27N3O2. The third kappa shape index (κ3) is 4.25. The molecule has 0 aliphatic carbocycles. The van der Waals surface area contributed by atoms with Crippen molar-refractivity contribution in [3.63, 3.8) is 0 Å². The van der Waals surface area contributed by atoms with Crippen LogP contribution < -0.4 is 5.32 Å². The summed E-state index contributed by atoms with van der Waals surface area (Å²) in [7, 11) is 0. The second-order valence-corrected chi connectivity index (χ2v) is 12.2. The average molecular weight is 618 g/mol. The van der Waals surface area contributed by atoms with Gasteiger partial charge in [0.05, 0.1) is 0 Å². The first-order valence-electron chi connectivity index (χ1n) is 16.1. The lowest BCUT2D eigenvalue weighted by molar-refractivity contribution is 0.667. The lowest BCUT2D eigenvalue weighted by atomic mass is 9.98. The van der Waals surface area contributed by atoms with Gasteiger partial charge in [0.15, 0.2) is 5.84 Å². The van der Waals surface area contributed by atoms with Gasteiger partial charge in [0, 0.05) is 38.2 Å². The van der Waals surface area contributed by atoms with Gasteiger partial charge in [0.2, 0.25) is 0 Å². The zero-order valence-corrected chi connectivity index (χ0v) is 25.7. The first-order chi connectivity index (χ1) is 23.8. The van der Waals surface area contributed by atoms with Gasteiger partial charge in [-0.05, 0) is 52.2 Å². The van der Waals surface area contributed by atoms with Crippen LogP contribution in [0.2, 0.25) is 0 Å². The number of amidine groups is 2. The van der Waals surface area contributed by atoms with Crippen LogP contribution in [0.5, 0.6) is 0 Å². The number of benzene rings is 7. The Morgan fingerprint density at radius 3 is 2.10 bits per heavy atom. The van der Waals surface area contributed by atoms with E-state index in [1.165, 1.54) is 10.8 Å². The van der Waals surface area contributed by atoms with Gasteiger partial charge in [-0.1, -0.05) is 121 Å². The van der Waals surface area contributed by atoms with Gasteiger partial charge in [-0.2, -0.15) is 0 Å². The maximum absolute atomic E-state index is 6.59. The van der Waals surface area contributed by atoms with Gasteiger partial charge in [-0.3, -0.25) is 0 Å². The number of aliphatic imine (C=N–C) groups is 2. The Labute approximate surface area is 275 Å². The Balaban J connectivity index is 1.15. The van der Waals surface area contributed by atoms with Crippen LogP contribution in [0.3, 0.4) is 0 Å². The molecule has 1 aliphatic rings. The van der Waals surface area contributed by atoms with Crippen LogP contribution in [0.15, 0.2) is 170 Å². The molecule has 9 aromatic rings. The number of hydrogen-bond acceptors (Lipinski definition) is 5. The molecule has 3 heterocycles. The van der Waals surface area contributed by atoms with Crippen LogP contribution >= 0.6 is 0 Å². The number of rotatable bonds is 4. The zero-order chi connectivity index (χ0) is 31.6. The predicted octanol–water partition coefficient (Wildman–Crippen LogP) is 10.8. The minimum atomic E-state index is -0.291. The summed E-state index contributed by atoms with van der Waals surface area (Å²) in [6.07, 6.45) is -0.291. The number of fused-ring (bicyclic) bond motifs is 7. The molecule has 0 spiro atoms. The Morgan fingerprint density at radius 2 is 1.25 bits per heavy atom. The largest absolute Gasteiger partial charge is 0.456 e. The minimum Gasteiger partial charge on any atom is -0.456 e. The standard InChI is InChI=1S/C43H27N3O2/c1-3-11-26(12-4-1)41-44-42(27-13-5-2-6-14-27)46-43(45-41)33-19-10-20-37-39(33)35-24-30(21-22-36(35)47-37)31-17-9-18-32-34-23-28-15-7-8-16-29(28)25-38(34)48-40(31)32/h1-25,41H,(H,44,45,46). The molecule has 0 radical (unpaired) electrons. The molecule has 0 saturated carbocycles. The monoisotopic (exact) mass is 617 g/mol. The third-order valence-electron chi connectivity index (χ3n) is 9.32. The van der Waals surface area contributed by atoms with E-state index in [9.17, 15) is 0 Å². The molecule has 0 amide bonds. The summed E-state index contributed by atoms with van der Waals surface area (Å²) in [4.78, 5) is 10.1. The Morgan fingerprint density at radius 1 is 0.500 bits per heavy atom. The quantitative estimate of drug-likeness (QED) is 0.214. The van der Waals surface area contributed by atoms with Crippen molar-refractivity contribution in [1.82, 2.24) is 5.32 Å². The summed E-state index contributed by atoms with van der Waals surface area (Å²) < 4.78 is 13.0. The molecule has 10 rings (SSSR count). The highest BCUT2D eigenvalue weighted by atomic mass is 16.3. The van der Waals surface area contributed by atoms with E-state index in [1.807, 2.05) is 48.5 Å². The smallest absolute Gasteiger partial charge is 0.159 e. The molecule has 0 saturated heterocycles. The number of hydrogen-bond donors (Lipinski definition) is 1. The summed E-state index contributed by atoms with van der Waals surface area (Å²) in [5, 5.41) is 10.2. The second-order valence-electron chi connectivity index (χ2n) is 12.2. The Kier molecular flexibility index (Phi) is 5.87. The van der Waals surface area contributed by atoms with Crippen LogP contribution in [-0.2, 0) is 0 Å². The summed E-state index contributed by atoms with van der Waals surface area (Å²) in [5.41, 5.74) is 8.48. The second kappa shape index (κ2) is 10.5. The van der Waals surface area contributed by atoms with Crippen LogP contribution in [0.25, 0.3) is 65.8 Å². The lowest BCUT2D eigenvalue weighted by Crippen LogP contribution is -2.33. The summed E-state index contributed by atoms with van der Waals surface area (Å²) in [6.45, 7) is 0. The fraction of sp³-hybridized carbons (Fsp3) is 0.0233. The number of nitrogens with one attached hydrogen (secondary N) is 1. The number of furan rings is 2. The molecular weight excluding hydrogens is 590 g/mol. The number of para-hydroxylation sites is 1. The van der Waals surface area contributed by atoms with Crippen molar-refractivity contribution in [3.05, 3.63) is 168 Å². The van der Waals surface area contributed by atoms with Crippen molar-refractivity contribution in [2.45, 2.75) is 6.17 Å². The van der Waals surface area contributed by atoms with Crippen LogP contribution in [-0.4, -0.2) is 11.7 Å². The minimum absolute atomic E-state index is 0.291. The van der Waals surface area contributed by atoms with Gasteiger partial charge < -0.3 is 14.2 Å². The molecule has 226 valence electrons. The summed E-state index contributed by atoms with van der Waals surface area (Å²) in [5.74, 6) is 1.44. The molecule has 1 unspecified atom stereocenters. The predicted molar refractivity (Wildman–Crippen MR) is 196 cm³/mol. The van der Waals surface area contributed by atoms with Crippen molar-refractivity contribution in [3.8, 4) is 11.1 Å². The highest BCUT2D eigenvalue weighted by Crippen LogP contribution is 2.40. The van der Waals surface area contributed by atoms with Gasteiger partial charge in [0.1, 0.15) is 34.3 Å². The molecule has 1 atom stereocenters. The van der Waals surface area contributed by atoms with E-state index in [4.69, 9.17) is 18.8 Å². The maximum atomic E-state index is 6.59. The van der Waals surface area contributed by atoms with E-state index in [-0.39, 0.29) is 6.17 Å². The summed E-state index contributed by atoms with van der Waals surface area (Å²) in [6, 6.07) is 52.1. The first-order valence-corrected chi connectivity index (χ1v) is 16.1. The Hall–Kier alpha value is -6.46. The fourth-order valence-electron chi connectivity index (χ4n) is 7.01. The van der Waals surface area contributed by atoms with E-state index < -0.39 is 0 Å².